The van der Waals surface area contributed by atoms with Crippen molar-refractivity contribution in [1.82, 2.24) is 9.40 Å². The number of ether oxygens (including phenoxy) is 2. The predicted molar refractivity (Wildman–Crippen MR) is 139 cm³/mol. The third-order valence-corrected chi connectivity index (χ3v) is 6.75. The number of carbonyl (C=O) groups excluding carboxylic acids is 2. The summed E-state index contributed by atoms with van der Waals surface area (Å²) < 4.78 is 39.1. The molecule has 2 amide bonds. The van der Waals surface area contributed by atoms with Crippen LogP contribution in [0.2, 0.25) is 0 Å². The molecular formula is C26H33N3O6S. The van der Waals surface area contributed by atoms with Crippen LogP contribution in [-0.4, -0.2) is 35.8 Å². The molecule has 0 unspecified atom stereocenters. The number of fused-ring (bicyclic) bond motifs is 1. The fraction of sp³-hybridized carbons (Fsp3) is 0.385. The van der Waals surface area contributed by atoms with E-state index < -0.39 is 33.4 Å². The zero-order valence-electron chi connectivity index (χ0n) is 21.9. The van der Waals surface area contributed by atoms with Gasteiger partial charge in [0.05, 0.1) is 16.1 Å². The second kappa shape index (κ2) is 9.50. The van der Waals surface area contributed by atoms with Crippen molar-refractivity contribution in [3.05, 3.63) is 59.8 Å². The van der Waals surface area contributed by atoms with Crippen LogP contribution in [0, 0.1) is 13.8 Å². The predicted octanol–water partition coefficient (Wildman–Crippen LogP) is 5.68. The Balaban J connectivity index is 2.13. The number of hydrogen-bond acceptors (Lipinski definition) is 6. The Kier molecular flexibility index (Phi) is 7.14. The first-order chi connectivity index (χ1) is 16.5. The van der Waals surface area contributed by atoms with E-state index in [2.05, 4.69) is 5.43 Å². The molecule has 9 nitrogen and oxygen atoms in total. The molecule has 194 valence electrons. The van der Waals surface area contributed by atoms with Crippen LogP contribution in [0.25, 0.3) is 10.9 Å². The first-order valence-electron chi connectivity index (χ1n) is 11.4. The number of benzene rings is 2. The van der Waals surface area contributed by atoms with Crippen molar-refractivity contribution in [2.75, 3.05) is 5.01 Å². The summed E-state index contributed by atoms with van der Waals surface area (Å²) in [6.45, 7) is 13.7. The monoisotopic (exact) mass is 515 g/mol. The Labute approximate surface area is 212 Å². The van der Waals surface area contributed by atoms with E-state index >= 15 is 0 Å². The number of amides is 2. The van der Waals surface area contributed by atoms with Gasteiger partial charge in [-0.25, -0.2) is 27.4 Å². The van der Waals surface area contributed by atoms with Crippen molar-refractivity contribution in [2.45, 2.75) is 71.5 Å². The van der Waals surface area contributed by atoms with Gasteiger partial charge >= 0.3 is 12.2 Å². The van der Waals surface area contributed by atoms with E-state index in [4.69, 9.17) is 9.47 Å². The maximum Gasteiger partial charge on any atom is 0.434 e. The lowest BCUT2D eigenvalue weighted by Gasteiger charge is -2.29. The summed E-state index contributed by atoms with van der Waals surface area (Å²) in [5.41, 5.74) is 2.73. The summed E-state index contributed by atoms with van der Waals surface area (Å²) in [5, 5.41) is 1.55. The summed E-state index contributed by atoms with van der Waals surface area (Å²) in [5.74, 6) is 0. The molecule has 0 bridgehead atoms. The zero-order valence-corrected chi connectivity index (χ0v) is 22.7. The number of rotatable bonds is 3. The number of aryl methyl sites for hydroxylation is 2. The number of nitrogens with one attached hydrogen (secondary N) is 1. The lowest BCUT2D eigenvalue weighted by atomic mass is 10.2. The van der Waals surface area contributed by atoms with E-state index in [9.17, 15) is 18.0 Å². The maximum atomic E-state index is 13.5. The highest BCUT2D eigenvalue weighted by Gasteiger charge is 2.29. The average Bonchev–Trinajstić information content (AvgIpc) is 3.05. The van der Waals surface area contributed by atoms with Crippen molar-refractivity contribution in [3.8, 4) is 0 Å². The van der Waals surface area contributed by atoms with Gasteiger partial charge in [0, 0.05) is 11.1 Å². The summed E-state index contributed by atoms with van der Waals surface area (Å²) in [4.78, 5) is 25.7. The molecule has 0 aliphatic rings. The minimum Gasteiger partial charge on any atom is -0.443 e. The average molecular weight is 516 g/mol. The van der Waals surface area contributed by atoms with E-state index in [1.807, 2.05) is 6.92 Å². The molecule has 1 aromatic heterocycles. The normalized spacial score (nSPS) is 12.3. The van der Waals surface area contributed by atoms with Crippen LogP contribution in [0.1, 0.15) is 52.8 Å². The van der Waals surface area contributed by atoms with Crippen LogP contribution in [-0.2, 0) is 19.5 Å². The zero-order chi connectivity index (χ0) is 27.1. The standard InChI is InChI=1S/C26H33N3O6S/c1-17-9-13-21(14-10-17)36(32,33)29-18(2)15-19-11-12-20(16-22(19)29)28(24(31)35-26(6,7)8)27-23(30)34-25(3,4)5/h9-16H,1-8H3,(H,27,30). The van der Waals surface area contributed by atoms with Gasteiger partial charge in [-0.3, -0.25) is 0 Å². The number of aromatic nitrogens is 1. The first kappa shape index (κ1) is 27.1. The molecule has 1 N–H and O–H groups in total. The van der Waals surface area contributed by atoms with Gasteiger partial charge in [0.15, 0.2) is 0 Å². The summed E-state index contributed by atoms with van der Waals surface area (Å²) in [6.07, 6.45) is -1.73. The molecule has 0 fully saturated rings. The van der Waals surface area contributed by atoms with Gasteiger partial charge in [-0.2, -0.15) is 5.01 Å². The molecule has 0 atom stereocenters. The van der Waals surface area contributed by atoms with Gasteiger partial charge in [0.2, 0.25) is 0 Å². The van der Waals surface area contributed by atoms with Crippen LogP contribution < -0.4 is 10.4 Å². The molecule has 0 aliphatic heterocycles. The molecule has 0 spiro atoms. The van der Waals surface area contributed by atoms with Crippen molar-refractivity contribution in [1.29, 1.82) is 0 Å². The third kappa shape index (κ3) is 6.17. The summed E-state index contributed by atoms with van der Waals surface area (Å²) in [6, 6.07) is 13.1. The number of anilines is 1. The molecular weight excluding hydrogens is 482 g/mol. The van der Waals surface area contributed by atoms with Crippen molar-refractivity contribution >= 4 is 38.8 Å². The van der Waals surface area contributed by atoms with E-state index in [0.29, 0.717) is 16.6 Å². The lowest BCUT2D eigenvalue weighted by molar-refractivity contribution is 0.0425. The molecule has 0 saturated heterocycles. The van der Waals surface area contributed by atoms with Gasteiger partial charge in [0.25, 0.3) is 10.0 Å². The van der Waals surface area contributed by atoms with E-state index in [-0.39, 0.29) is 10.6 Å². The second-order valence-electron chi connectivity index (χ2n) is 10.5. The topological polar surface area (TPSA) is 107 Å². The minimum absolute atomic E-state index is 0.134. The fourth-order valence-corrected chi connectivity index (χ4v) is 5.03. The molecule has 0 radical (unpaired) electrons. The second-order valence-corrected chi connectivity index (χ2v) is 12.3. The molecule has 0 aliphatic carbocycles. The van der Waals surface area contributed by atoms with Crippen LogP contribution in [0.4, 0.5) is 15.3 Å². The van der Waals surface area contributed by atoms with E-state index in [1.165, 1.54) is 10.0 Å². The number of hydrazine groups is 1. The third-order valence-electron chi connectivity index (χ3n) is 4.91. The van der Waals surface area contributed by atoms with Gasteiger partial charge in [0.1, 0.15) is 11.2 Å². The molecule has 3 rings (SSSR count). The molecule has 0 saturated carbocycles. The molecule has 10 heteroatoms. The minimum atomic E-state index is -3.94. The molecule has 2 aromatic carbocycles. The SMILES string of the molecule is Cc1ccc(S(=O)(=O)n2c(C)cc3ccc(N(NC(=O)OC(C)(C)C)C(=O)OC(C)(C)C)cc32)cc1. The first-order valence-corrected chi connectivity index (χ1v) is 12.9. The van der Waals surface area contributed by atoms with Crippen LogP contribution in [0.3, 0.4) is 0 Å². The van der Waals surface area contributed by atoms with Crippen molar-refractivity contribution in [3.63, 3.8) is 0 Å². The Morgan fingerprint density at radius 2 is 1.44 bits per heavy atom. The lowest BCUT2D eigenvalue weighted by Crippen LogP contribution is -2.50. The van der Waals surface area contributed by atoms with Crippen LogP contribution in [0.15, 0.2) is 53.4 Å². The molecule has 1 heterocycles. The fourth-order valence-electron chi connectivity index (χ4n) is 3.49. The van der Waals surface area contributed by atoms with Crippen molar-refractivity contribution in [2.24, 2.45) is 0 Å². The Bertz CT molecular complexity index is 1390. The Hall–Kier alpha value is -3.53. The summed E-state index contributed by atoms with van der Waals surface area (Å²) in [7, 11) is -3.94. The number of hydrogen-bond donors (Lipinski definition) is 1. The largest absolute Gasteiger partial charge is 0.443 e. The Morgan fingerprint density at radius 1 is 0.861 bits per heavy atom. The molecule has 36 heavy (non-hydrogen) atoms. The highest BCUT2D eigenvalue weighted by atomic mass is 32.2. The van der Waals surface area contributed by atoms with Gasteiger partial charge in [-0.05, 0) is 85.7 Å². The summed E-state index contributed by atoms with van der Waals surface area (Å²) >= 11 is 0. The molecule has 3 aromatic rings. The van der Waals surface area contributed by atoms with Gasteiger partial charge in [-0.15, -0.1) is 0 Å². The van der Waals surface area contributed by atoms with Gasteiger partial charge < -0.3 is 9.47 Å². The number of carbonyl (C=O) groups is 2. The van der Waals surface area contributed by atoms with E-state index in [0.717, 1.165) is 10.6 Å². The smallest absolute Gasteiger partial charge is 0.434 e. The highest BCUT2D eigenvalue weighted by Crippen LogP contribution is 2.29. The Morgan fingerprint density at radius 3 is 2.00 bits per heavy atom. The van der Waals surface area contributed by atoms with Crippen LogP contribution >= 0.6 is 0 Å². The van der Waals surface area contributed by atoms with Crippen LogP contribution in [0.5, 0.6) is 0 Å². The highest BCUT2D eigenvalue weighted by molar-refractivity contribution is 7.90. The number of nitrogens with zero attached hydrogens (tertiary/aromatic N) is 2. The van der Waals surface area contributed by atoms with Crippen molar-refractivity contribution < 1.29 is 27.5 Å². The van der Waals surface area contributed by atoms with E-state index in [1.54, 1.807) is 90.9 Å². The van der Waals surface area contributed by atoms with Gasteiger partial charge in [-0.1, -0.05) is 23.8 Å². The maximum absolute atomic E-state index is 13.5. The quantitative estimate of drug-likeness (QED) is 0.450.